The summed E-state index contributed by atoms with van der Waals surface area (Å²) < 4.78 is 5.79. The Morgan fingerprint density at radius 3 is 2.00 bits per heavy atom. The lowest BCUT2D eigenvalue weighted by molar-refractivity contribution is -0.177. The fraction of sp³-hybridized carbons (Fsp3) is 0.0455. The first kappa shape index (κ1) is 19.9. The van der Waals surface area contributed by atoms with E-state index in [0.29, 0.717) is 15.6 Å². The molecular weight excluding hydrogens is 429 g/mol. The molecule has 1 unspecified atom stereocenters. The maximum Gasteiger partial charge on any atom is 0.377 e. The molecule has 150 valence electrons. The van der Waals surface area contributed by atoms with E-state index in [1.165, 1.54) is 24.3 Å². The molecule has 1 aliphatic heterocycles. The molecule has 2 amide bonds. The number of carbonyl (C=O) groups excluding carboxylic acids is 3. The lowest BCUT2D eigenvalue weighted by atomic mass is 10.1. The molecule has 0 spiro atoms. The summed E-state index contributed by atoms with van der Waals surface area (Å²) in [4.78, 5) is 43.1. The number of carbonyl (C=O) groups is 3. The monoisotopic (exact) mass is 441 g/mol. The van der Waals surface area contributed by atoms with E-state index in [4.69, 9.17) is 32.8 Å². The molecule has 0 saturated carbocycles. The zero-order valence-corrected chi connectivity index (χ0v) is 16.8. The van der Waals surface area contributed by atoms with Gasteiger partial charge in [0.15, 0.2) is 0 Å². The summed E-state index contributed by atoms with van der Waals surface area (Å²) in [5.74, 6) is -2.12. The second-order valence-electron chi connectivity index (χ2n) is 6.35. The quantitative estimate of drug-likeness (QED) is 0.528. The highest BCUT2D eigenvalue weighted by Crippen LogP contribution is 2.31. The highest BCUT2D eigenvalue weighted by Gasteiger charge is 2.40. The van der Waals surface area contributed by atoms with Crippen LogP contribution in [0.2, 0.25) is 10.0 Å². The van der Waals surface area contributed by atoms with Crippen LogP contribution in [0.5, 0.6) is 5.75 Å². The molecule has 0 bridgehead atoms. The maximum absolute atomic E-state index is 12.9. The third kappa shape index (κ3) is 3.75. The van der Waals surface area contributed by atoms with Crippen LogP contribution in [0.25, 0.3) is 0 Å². The zero-order chi connectivity index (χ0) is 21.3. The van der Waals surface area contributed by atoms with Crippen LogP contribution in [0.1, 0.15) is 32.4 Å². The number of fused-ring (bicyclic) bond motifs is 1. The highest BCUT2D eigenvalue weighted by molar-refractivity contribution is 6.42. The number of hydroxylamine groups is 2. The van der Waals surface area contributed by atoms with Gasteiger partial charge in [-0.3, -0.25) is 9.59 Å². The lowest BCUT2D eigenvalue weighted by Crippen LogP contribution is -2.35. The van der Waals surface area contributed by atoms with Crippen molar-refractivity contribution in [2.24, 2.45) is 0 Å². The van der Waals surface area contributed by atoms with Gasteiger partial charge >= 0.3 is 5.97 Å². The number of nitrogens with zero attached hydrogens (tertiary/aromatic N) is 1. The maximum atomic E-state index is 12.9. The van der Waals surface area contributed by atoms with E-state index in [1.807, 2.05) is 0 Å². The summed E-state index contributed by atoms with van der Waals surface area (Å²) in [5.41, 5.74) is 0.791. The average molecular weight is 442 g/mol. The second-order valence-corrected chi connectivity index (χ2v) is 7.16. The van der Waals surface area contributed by atoms with Crippen LogP contribution in [0.3, 0.4) is 0 Å². The normalized spacial score (nSPS) is 13.7. The SMILES string of the molecule is O=C(ON1C(=O)c2ccccc2C1=O)C(Oc1ccc(Cl)c(Cl)c1)c1ccccc1. The van der Waals surface area contributed by atoms with Crippen LogP contribution in [-0.2, 0) is 9.63 Å². The molecule has 0 saturated heterocycles. The Kier molecular flexibility index (Phi) is 5.44. The minimum atomic E-state index is -1.26. The molecule has 3 aromatic carbocycles. The molecule has 0 N–H and O–H groups in total. The molecule has 0 fully saturated rings. The van der Waals surface area contributed by atoms with Crippen LogP contribution in [0, 0.1) is 0 Å². The van der Waals surface area contributed by atoms with Crippen LogP contribution in [0.15, 0.2) is 72.8 Å². The molecule has 8 heteroatoms. The van der Waals surface area contributed by atoms with Gasteiger partial charge in [0, 0.05) is 11.6 Å². The number of imide groups is 1. The fourth-order valence-electron chi connectivity index (χ4n) is 2.95. The second kappa shape index (κ2) is 8.18. The van der Waals surface area contributed by atoms with Gasteiger partial charge in [-0.05, 0) is 24.3 Å². The number of ether oxygens (including phenoxy) is 1. The van der Waals surface area contributed by atoms with Gasteiger partial charge in [0.05, 0.1) is 21.2 Å². The van der Waals surface area contributed by atoms with Gasteiger partial charge in [-0.25, -0.2) is 4.79 Å². The number of hydrogen-bond donors (Lipinski definition) is 0. The Balaban J connectivity index is 1.61. The Bertz CT molecular complexity index is 1110. The van der Waals surface area contributed by atoms with Crippen molar-refractivity contribution >= 4 is 41.0 Å². The first-order valence-electron chi connectivity index (χ1n) is 8.82. The first-order valence-corrected chi connectivity index (χ1v) is 9.57. The first-order chi connectivity index (χ1) is 14.5. The van der Waals surface area contributed by atoms with E-state index >= 15 is 0 Å². The van der Waals surface area contributed by atoms with E-state index in [2.05, 4.69) is 0 Å². The summed E-state index contributed by atoms with van der Waals surface area (Å²) in [6.07, 6.45) is -1.26. The topological polar surface area (TPSA) is 72.9 Å². The van der Waals surface area contributed by atoms with Gasteiger partial charge in [0.25, 0.3) is 11.8 Å². The van der Waals surface area contributed by atoms with Gasteiger partial charge in [-0.1, -0.05) is 70.7 Å². The van der Waals surface area contributed by atoms with Crippen LogP contribution in [-0.4, -0.2) is 22.8 Å². The van der Waals surface area contributed by atoms with Crippen LogP contribution >= 0.6 is 23.2 Å². The standard InChI is InChI=1S/C22H13Cl2NO5/c23-17-11-10-14(12-18(17)24)29-19(13-6-2-1-3-7-13)22(28)30-25-20(26)15-8-4-5-9-16(15)21(25)27/h1-12,19H. The molecule has 1 heterocycles. The van der Waals surface area contributed by atoms with Crippen LogP contribution in [0.4, 0.5) is 0 Å². The summed E-state index contributed by atoms with van der Waals surface area (Å²) in [6, 6.07) is 19.3. The van der Waals surface area contributed by atoms with Crippen LogP contribution < -0.4 is 4.74 Å². The van der Waals surface area contributed by atoms with E-state index in [1.54, 1.807) is 48.5 Å². The number of amides is 2. The number of rotatable bonds is 5. The summed E-state index contributed by atoms with van der Waals surface area (Å²) in [5, 5.41) is 1.02. The molecule has 6 nitrogen and oxygen atoms in total. The smallest absolute Gasteiger partial charge is 0.377 e. The number of hydrogen-bond acceptors (Lipinski definition) is 5. The average Bonchev–Trinajstić information content (AvgIpc) is 3.00. The van der Waals surface area contributed by atoms with E-state index in [9.17, 15) is 14.4 Å². The van der Waals surface area contributed by atoms with Crippen molar-refractivity contribution in [3.05, 3.63) is 99.5 Å². The Morgan fingerprint density at radius 2 is 1.40 bits per heavy atom. The fourth-order valence-corrected chi connectivity index (χ4v) is 3.24. The zero-order valence-electron chi connectivity index (χ0n) is 15.2. The van der Waals surface area contributed by atoms with Crippen molar-refractivity contribution in [1.82, 2.24) is 5.06 Å². The van der Waals surface area contributed by atoms with E-state index in [0.717, 1.165) is 0 Å². The van der Waals surface area contributed by atoms with Crippen molar-refractivity contribution in [2.75, 3.05) is 0 Å². The predicted octanol–water partition coefficient (Wildman–Crippen LogP) is 4.87. The number of benzene rings is 3. The molecule has 1 aliphatic rings. The Hall–Kier alpha value is -3.35. The van der Waals surface area contributed by atoms with Gasteiger partial charge in [-0.15, -0.1) is 0 Å². The molecule has 30 heavy (non-hydrogen) atoms. The molecule has 4 rings (SSSR count). The Labute approximate surface area is 181 Å². The van der Waals surface area contributed by atoms with Crippen molar-refractivity contribution in [2.45, 2.75) is 6.10 Å². The molecule has 0 radical (unpaired) electrons. The summed E-state index contributed by atoms with van der Waals surface area (Å²) in [6.45, 7) is 0. The van der Waals surface area contributed by atoms with Gasteiger partial charge in [-0.2, -0.15) is 0 Å². The Morgan fingerprint density at radius 1 is 0.800 bits per heavy atom. The molecule has 3 aromatic rings. The summed E-state index contributed by atoms with van der Waals surface area (Å²) >= 11 is 12.0. The summed E-state index contributed by atoms with van der Waals surface area (Å²) in [7, 11) is 0. The minimum absolute atomic E-state index is 0.164. The largest absolute Gasteiger partial charge is 0.474 e. The number of halogens is 2. The van der Waals surface area contributed by atoms with Gasteiger partial charge in [0.2, 0.25) is 6.10 Å². The lowest BCUT2D eigenvalue weighted by Gasteiger charge is -2.20. The molecule has 0 aliphatic carbocycles. The van der Waals surface area contributed by atoms with Gasteiger partial charge < -0.3 is 9.57 Å². The van der Waals surface area contributed by atoms with Crippen molar-refractivity contribution in [1.29, 1.82) is 0 Å². The molecule has 0 aromatic heterocycles. The molecule has 1 atom stereocenters. The van der Waals surface area contributed by atoms with E-state index < -0.39 is 23.9 Å². The van der Waals surface area contributed by atoms with Crippen molar-refractivity contribution in [3.8, 4) is 5.75 Å². The van der Waals surface area contributed by atoms with Crippen molar-refractivity contribution < 1.29 is 24.0 Å². The third-order valence-electron chi connectivity index (χ3n) is 4.40. The van der Waals surface area contributed by atoms with E-state index in [-0.39, 0.29) is 21.9 Å². The predicted molar refractivity (Wildman–Crippen MR) is 109 cm³/mol. The third-order valence-corrected chi connectivity index (χ3v) is 5.14. The molecular formula is C22H13Cl2NO5. The van der Waals surface area contributed by atoms with Crippen molar-refractivity contribution in [3.63, 3.8) is 0 Å². The highest BCUT2D eigenvalue weighted by atomic mass is 35.5. The van der Waals surface area contributed by atoms with Gasteiger partial charge in [0.1, 0.15) is 5.75 Å². The minimum Gasteiger partial charge on any atom is -0.474 e.